The van der Waals surface area contributed by atoms with Crippen molar-refractivity contribution >= 4 is 17.7 Å². The molecule has 3 heteroatoms. The predicted octanol–water partition coefficient (Wildman–Crippen LogP) is 3.27. The Bertz CT molecular complexity index is 335. The molecule has 2 nitrogen and oxygen atoms in total. The van der Waals surface area contributed by atoms with E-state index in [1.165, 1.54) is 17.5 Å². The summed E-state index contributed by atoms with van der Waals surface area (Å²) in [5.41, 5.74) is 7.77. The van der Waals surface area contributed by atoms with Gasteiger partial charge in [-0.05, 0) is 31.1 Å². The van der Waals surface area contributed by atoms with Gasteiger partial charge in [0.2, 0.25) is 5.91 Å². The number of benzene rings is 1. The molecule has 0 heterocycles. The fourth-order valence-corrected chi connectivity index (χ4v) is 2.54. The number of hydrogen-bond acceptors (Lipinski definition) is 2. The molecule has 0 aliphatic heterocycles. The molecule has 1 rings (SSSR count). The standard InChI is InChI=1S/C14H21NOS/c1-12-6-8-13(9-7-12)11-17-10-4-2-3-5-14(15)16/h6-9H,2-5,10-11H2,1H3,(H2,15,16). The summed E-state index contributed by atoms with van der Waals surface area (Å²) in [6, 6.07) is 8.69. The van der Waals surface area contributed by atoms with E-state index in [0.717, 1.165) is 24.3 Å². The number of aryl methyl sites for hydroxylation is 1. The number of primary amides is 1. The SMILES string of the molecule is Cc1ccc(CSCCCCCC(N)=O)cc1. The van der Waals surface area contributed by atoms with Crippen molar-refractivity contribution in [2.24, 2.45) is 5.73 Å². The highest BCUT2D eigenvalue weighted by molar-refractivity contribution is 7.98. The highest BCUT2D eigenvalue weighted by Crippen LogP contribution is 2.15. The van der Waals surface area contributed by atoms with Crippen LogP contribution in [0.2, 0.25) is 0 Å². The second-order valence-corrected chi connectivity index (χ2v) is 5.42. The van der Waals surface area contributed by atoms with Crippen LogP contribution in [0.15, 0.2) is 24.3 Å². The van der Waals surface area contributed by atoms with Crippen molar-refractivity contribution < 1.29 is 4.79 Å². The zero-order chi connectivity index (χ0) is 12.5. The lowest BCUT2D eigenvalue weighted by Gasteiger charge is -2.02. The van der Waals surface area contributed by atoms with Crippen LogP contribution in [0, 0.1) is 6.92 Å². The lowest BCUT2D eigenvalue weighted by molar-refractivity contribution is -0.118. The van der Waals surface area contributed by atoms with E-state index in [1.807, 2.05) is 11.8 Å². The zero-order valence-corrected chi connectivity index (χ0v) is 11.3. The molecule has 0 unspecified atom stereocenters. The molecular formula is C14H21NOS. The quantitative estimate of drug-likeness (QED) is 0.721. The number of carbonyl (C=O) groups is 1. The number of carbonyl (C=O) groups excluding carboxylic acids is 1. The van der Waals surface area contributed by atoms with Crippen molar-refractivity contribution in [3.05, 3.63) is 35.4 Å². The van der Waals surface area contributed by atoms with Gasteiger partial charge < -0.3 is 5.73 Å². The van der Waals surface area contributed by atoms with Crippen molar-refractivity contribution in [3.8, 4) is 0 Å². The molecule has 0 spiro atoms. The Labute approximate surface area is 108 Å². The summed E-state index contributed by atoms with van der Waals surface area (Å²) in [6.07, 6.45) is 3.73. The van der Waals surface area contributed by atoms with E-state index in [9.17, 15) is 4.79 Å². The van der Waals surface area contributed by atoms with Gasteiger partial charge in [-0.1, -0.05) is 36.2 Å². The topological polar surface area (TPSA) is 43.1 Å². The maximum atomic E-state index is 10.5. The highest BCUT2D eigenvalue weighted by atomic mass is 32.2. The van der Waals surface area contributed by atoms with E-state index >= 15 is 0 Å². The van der Waals surface area contributed by atoms with Gasteiger partial charge >= 0.3 is 0 Å². The Morgan fingerprint density at radius 1 is 1.18 bits per heavy atom. The van der Waals surface area contributed by atoms with Gasteiger partial charge in [0, 0.05) is 12.2 Å². The molecule has 1 amide bonds. The first-order chi connectivity index (χ1) is 8.18. The zero-order valence-electron chi connectivity index (χ0n) is 10.4. The summed E-state index contributed by atoms with van der Waals surface area (Å²) in [6.45, 7) is 2.11. The number of nitrogens with two attached hydrogens (primary N) is 1. The van der Waals surface area contributed by atoms with Crippen molar-refractivity contribution in [3.63, 3.8) is 0 Å². The van der Waals surface area contributed by atoms with Crippen LogP contribution in [0.1, 0.15) is 36.8 Å². The molecule has 0 radical (unpaired) electrons. The number of thioether (sulfide) groups is 1. The summed E-state index contributed by atoms with van der Waals surface area (Å²) in [7, 11) is 0. The van der Waals surface area contributed by atoms with Crippen LogP contribution in [0.4, 0.5) is 0 Å². The third-order valence-corrected chi connectivity index (χ3v) is 3.72. The Morgan fingerprint density at radius 3 is 2.53 bits per heavy atom. The van der Waals surface area contributed by atoms with Crippen LogP contribution in [0.25, 0.3) is 0 Å². The fourth-order valence-electron chi connectivity index (χ4n) is 1.55. The molecule has 1 aromatic rings. The van der Waals surface area contributed by atoms with Crippen molar-refractivity contribution in [2.75, 3.05) is 5.75 Å². The second-order valence-electron chi connectivity index (χ2n) is 4.32. The van der Waals surface area contributed by atoms with Crippen molar-refractivity contribution in [2.45, 2.75) is 38.4 Å². The van der Waals surface area contributed by atoms with Crippen LogP contribution >= 0.6 is 11.8 Å². The number of unbranched alkanes of at least 4 members (excludes halogenated alkanes) is 2. The Morgan fingerprint density at radius 2 is 1.88 bits per heavy atom. The third-order valence-electron chi connectivity index (χ3n) is 2.60. The number of rotatable bonds is 8. The molecule has 0 aliphatic carbocycles. The normalized spacial score (nSPS) is 10.4. The number of amides is 1. The average Bonchev–Trinajstić information content (AvgIpc) is 2.30. The van der Waals surface area contributed by atoms with Gasteiger partial charge in [0.15, 0.2) is 0 Å². The van der Waals surface area contributed by atoms with E-state index in [4.69, 9.17) is 5.73 Å². The fraction of sp³-hybridized carbons (Fsp3) is 0.500. The monoisotopic (exact) mass is 251 g/mol. The van der Waals surface area contributed by atoms with Crippen molar-refractivity contribution in [1.29, 1.82) is 0 Å². The molecule has 0 saturated heterocycles. The van der Waals surface area contributed by atoms with E-state index < -0.39 is 0 Å². The van der Waals surface area contributed by atoms with E-state index in [1.54, 1.807) is 0 Å². The van der Waals surface area contributed by atoms with E-state index in [-0.39, 0.29) is 5.91 Å². The largest absolute Gasteiger partial charge is 0.370 e. The second kappa shape index (κ2) is 8.18. The summed E-state index contributed by atoms with van der Waals surface area (Å²) in [5.74, 6) is 2.06. The van der Waals surface area contributed by atoms with Gasteiger partial charge in [0.1, 0.15) is 0 Å². The molecule has 0 fully saturated rings. The minimum Gasteiger partial charge on any atom is -0.370 e. The number of hydrogen-bond donors (Lipinski definition) is 1. The minimum atomic E-state index is -0.183. The Hall–Kier alpha value is -0.960. The van der Waals surface area contributed by atoms with Crippen LogP contribution in [0.3, 0.4) is 0 Å². The maximum Gasteiger partial charge on any atom is 0.217 e. The molecule has 0 atom stereocenters. The summed E-state index contributed by atoms with van der Waals surface area (Å²) >= 11 is 1.95. The molecule has 0 bridgehead atoms. The molecule has 17 heavy (non-hydrogen) atoms. The maximum absolute atomic E-state index is 10.5. The molecule has 1 aromatic carbocycles. The van der Waals surface area contributed by atoms with Crippen LogP contribution in [0.5, 0.6) is 0 Å². The smallest absolute Gasteiger partial charge is 0.217 e. The summed E-state index contributed by atoms with van der Waals surface area (Å²) < 4.78 is 0. The van der Waals surface area contributed by atoms with Crippen molar-refractivity contribution in [1.82, 2.24) is 0 Å². The lowest BCUT2D eigenvalue weighted by Crippen LogP contribution is -2.09. The lowest BCUT2D eigenvalue weighted by atomic mass is 10.2. The molecule has 94 valence electrons. The average molecular weight is 251 g/mol. The van der Waals surface area contributed by atoms with E-state index in [0.29, 0.717) is 6.42 Å². The first kappa shape index (κ1) is 14.1. The molecule has 0 aromatic heterocycles. The molecular weight excluding hydrogens is 230 g/mol. The third kappa shape index (κ3) is 7.05. The molecule has 0 saturated carbocycles. The minimum absolute atomic E-state index is 0.183. The molecule has 2 N–H and O–H groups in total. The van der Waals surface area contributed by atoms with Gasteiger partial charge in [-0.25, -0.2) is 0 Å². The van der Waals surface area contributed by atoms with Gasteiger partial charge in [-0.2, -0.15) is 11.8 Å². The van der Waals surface area contributed by atoms with Crippen LogP contribution in [-0.4, -0.2) is 11.7 Å². The summed E-state index contributed by atoms with van der Waals surface area (Å²) in [4.78, 5) is 10.5. The van der Waals surface area contributed by atoms with Gasteiger partial charge in [-0.3, -0.25) is 4.79 Å². The highest BCUT2D eigenvalue weighted by Gasteiger charge is 1.96. The first-order valence-electron chi connectivity index (χ1n) is 6.10. The van der Waals surface area contributed by atoms with Crippen LogP contribution in [-0.2, 0) is 10.5 Å². The first-order valence-corrected chi connectivity index (χ1v) is 7.25. The van der Waals surface area contributed by atoms with Gasteiger partial charge in [-0.15, -0.1) is 0 Å². The van der Waals surface area contributed by atoms with E-state index in [2.05, 4.69) is 31.2 Å². The molecule has 0 aliphatic rings. The Balaban J connectivity index is 2.01. The Kier molecular flexibility index (Phi) is 6.78. The van der Waals surface area contributed by atoms with Gasteiger partial charge in [0.05, 0.1) is 0 Å². The van der Waals surface area contributed by atoms with Gasteiger partial charge in [0.25, 0.3) is 0 Å². The predicted molar refractivity (Wildman–Crippen MR) is 75.0 cm³/mol. The van der Waals surface area contributed by atoms with Crippen LogP contribution < -0.4 is 5.73 Å². The summed E-state index contributed by atoms with van der Waals surface area (Å²) in [5, 5.41) is 0.